The first-order valence-corrected chi connectivity index (χ1v) is 3.90. The van der Waals surface area contributed by atoms with Gasteiger partial charge in [-0.2, -0.15) is 0 Å². The van der Waals surface area contributed by atoms with E-state index in [0.717, 1.165) is 4.88 Å². The van der Waals surface area contributed by atoms with Crippen LogP contribution in [0.2, 0.25) is 0 Å². The van der Waals surface area contributed by atoms with Gasteiger partial charge in [-0.3, -0.25) is 4.57 Å². The maximum atomic E-state index is 9.25. The van der Waals surface area contributed by atoms with Crippen LogP contribution in [-0.4, -0.2) is 9.67 Å². The molecule has 0 amide bonds. The van der Waals surface area contributed by atoms with Gasteiger partial charge in [0.2, 0.25) is 5.88 Å². The van der Waals surface area contributed by atoms with Crippen molar-refractivity contribution < 1.29 is 5.11 Å². The summed E-state index contributed by atoms with van der Waals surface area (Å²) in [5, 5.41) is 9.25. The quantitative estimate of drug-likeness (QED) is 0.658. The Bertz CT molecular complexity index is 310. The lowest BCUT2D eigenvalue weighted by Gasteiger charge is -1.91. The van der Waals surface area contributed by atoms with Crippen LogP contribution >= 0.6 is 23.6 Å². The Morgan fingerprint density at radius 3 is 2.60 bits per heavy atom. The van der Waals surface area contributed by atoms with E-state index in [0.29, 0.717) is 3.95 Å². The molecule has 1 N–H and O–H groups in total. The van der Waals surface area contributed by atoms with Crippen molar-refractivity contribution >= 4 is 29.6 Å². The van der Waals surface area contributed by atoms with Crippen LogP contribution in [0, 0.1) is 3.95 Å². The van der Waals surface area contributed by atoms with E-state index in [1.165, 1.54) is 11.3 Å². The highest BCUT2D eigenvalue weighted by atomic mass is 32.1. The number of thiazole rings is 1. The average molecular weight is 173 g/mol. The zero-order chi connectivity index (χ0) is 7.72. The Balaban J connectivity index is 3.45. The molecule has 0 bridgehead atoms. The highest BCUT2D eigenvalue weighted by Gasteiger charge is 2.03. The SMILES string of the molecule is C=Cc1sc(=S)n(C)c1O. The van der Waals surface area contributed by atoms with Gasteiger partial charge in [-0.15, -0.1) is 11.3 Å². The summed E-state index contributed by atoms with van der Waals surface area (Å²) in [5.41, 5.74) is 0. The van der Waals surface area contributed by atoms with Crippen LogP contribution in [0.1, 0.15) is 4.88 Å². The van der Waals surface area contributed by atoms with Crippen molar-refractivity contribution in [3.63, 3.8) is 0 Å². The molecule has 1 aromatic heterocycles. The second kappa shape index (κ2) is 2.56. The molecule has 0 unspecified atom stereocenters. The molecule has 10 heavy (non-hydrogen) atoms. The molecule has 0 saturated heterocycles. The maximum absolute atomic E-state index is 9.25. The summed E-state index contributed by atoms with van der Waals surface area (Å²) in [6.45, 7) is 3.54. The number of aromatic hydroxyl groups is 1. The highest BCUT2D eigenvalue weighted by molar-refractivity contribution is 7.73. The number of rotatable bonds is 1. The average Bonchev–Trinajstić information content (AvgIpc) is 2.17. The predicted octanol–water partition coefficient (Wildman–Crippen LogP) is 2.16. The molecule has 0 saturated carbocycles. The molecule has 0 aliphatic heterocycles. The molecule has 1 heterocycles. The molecule has 0 spiro atoms. The van der Waals surface area contributed by atoms with Gasteiger partial charge in [-0.05, 0) is 18.3 Å². The van der Waals surface area contributed by atoms with Gasteiger partial charge in [0.05, 0.1) is 4.88 Å². The minimum Gasteiger partial charge on any atom is -0.493 e. The molecule has 4 heteroatoms. The van der Waals surface area contributed by atoms with Crippen LogP contribution in [-0.2, 0) is 7.05 Å². The summed E-state index contributed by atoms with van der Waals surface area (Å²) in [7, 11) is 1.72. The van der Waals surface area contributed by atoms with Crippen molar-refractivity contribution in [3.8, 4) is 5.88 Å². The third kappa shape index (κ3) is 0.998. The molecule has 0 atom stereocenters. The van der Waals surface area contributed by atoms with Crippen LogP contribution < -0.4 is 0 Å². The lowest BCUT2D eigenvalue weighted by atomic mass is 10.5. The van der Waals surface area contributed by atoms with Gasteiger partial charge < -0.3 is 5.11 Å². The number of aromatic nitrogens is 1. The number of hydrogen-bond donors (Lipinski definition) is 1. The predicted molar refractivity (Wildman–Crippen MR) is 45.9 cm³/mol. The van der Waals surface area contributed by atoms with Crippen molar-refractivity contribution in [3.05, 3.63) is 15.4 Å². The van der Waals surface area contributed by atoms with Crippen molar-refractivity contribution in [2.24, 2.45) is 7.05 Å². The van der Waals surface area contributed by atoms with Crippen LogP contribution in [0.4, 0.5) is 0 Å². The molecule has 1 rings (SSSR count). The minimum atomic E-state index is 0.199. The molecule has 0 radical (unpaired) electrons. The van der Waals surface area contributed by atoms with Crippen molar-refractivity contribution in [1.29, 1.82) is 0 Å². The molecule has 2 nitrogen and oxygen atoms in total. The van der Waals surface area contributed by atoms with E-state index in [2.05, 4.69) is 6.58 Å². The van der Waals surface area contributed by atoms with Gasteiger partial charge in [0.1, 0.15) is 0 Å². The van der Waals surface area contributed by atoms with Crippen LogP contribution in [0.25, 0.3) is 6.08 Å². The topological polar surface area (TPSA) is 25.2 Å². The third-order valence-corrected chi connectivity index (χ3v) is 2.74. The lowest BCUT2D eigenvalue weighted by Crippen LogP contribution is -1.83. The second-order valence-electron chi connectivity index (χ2n) is 1.82. The van der Waals surface area contributed by atoms with Gasteiger partial charge in [0.25, 0.3) is 0 Å². The van der Waals surface area contributed by atoms with Crippen molar-refractivity contribution in [2.45, 2.75) is 0 Å². The monoisotopic (exact) mass is 173 g/mol. The Morgan fingerprint density at radius 1 is 1.80 bits per heavy atom. The molecular weight excluding hydrogens is 166 g/mol. The fourth-order valence-electron chi connectivity index (χ4n) is 0.593. The Labute approximate surface area is 68.1 Å². The van der Waals surface area contributed by atoms with E-state index < -0.39 is 0 Å². The minimum absolute atomic E-state index is 0.199. The summed E-state index contributed by atoms with van der Waals surface area (Å²) < 4.78 is 2.21. The highest BCUT2D eigenvalue weighted by Crippen LogP contribution is 2.24. The summed E-state index contributed by atoms with van der Waals surface area (Å²) in [6.07, 6.45) is 1.59. The zero-order valence-corrected chi connectivity index (χ0v) is 7.13. The van der Waals surface area contributed by atoms with E-state index in [1.54, 1.807) is 17.7 Å². The Kier molecular flexibility index (Phi) is 1.92. The van der Waals surface area contributed by atoms with Gasteiger partial charge in [0, 0.05) is 7.05 Å². The van der Waals surface area contributed by atoms with Gasteiger partial charge in [-0.1, -0.05) is 6.58 Å². The molecule has 0 aliphatic rings. The summed E-state index contributed by atoms with van der Waals surface area (Å²) >= 11 is 6.25. The lowest BCUT2D eigenvalue weighted by molar-refractivity contribution is 0.430. The van der Waals surface area contributed by atoms with Crippen LogP contribution in [0.5, 0.6) is 5.88 Å². The van der Waals surface area contributed by atoms with E-state index in [9.17, 15) is 5.11 Å². The fraction of sp³-hybridized carbons (Fsp3) is 0.167. The molecule has 1 aromatic rings. The third-order valence-electron chi connectivity index (χ3n) is 1.19. The summed E-state index contributed by atoms with van der Waals surface area (Å²) in [6, 6.07) is 0. The van der Waals surface area contributed by atoms with Gasteiger partial charge >= 0.3 is 0 Å². The largest absolute Gasteiger partial charge is 0.493 e. The number of nitrogens with zero attached hydrogens (tertiary/aromatic N) is 1. The molecule has 0 aliphatic carbocycles. The van der Waals surface area contributed by atoms with Crippen LogP contribution in [0.3, 0.4) is 0 Å². The van der Waals surface area contributed by atoms with E-state index in [4.69, 9.17) is 12.2 Å². The molecule has 0 aromatic carbocycles. The Hall–Kier alpha value is -0.610. The smallest absolute Gasteiger partial charge is 0.210 e. The van der Waals surface area contributed by atoms with Gasteiger partial charge in [-0.25, -0.2) is 0 Å². The fourth-order valence-corrected chi connectivity index (χ4v) is 1.67. The summed E-state index contributed by atoms with van der Waals surface area (Å²) in [5.74, 6) is 0.199. The Morgan fingerprint density at radius 2 is 2.40 bits per heavy atom. The molecular formula is C6H7NOS2. The second-order valence-corrected chi connectivity index (χ2v) is 3.49. The standard InChI is InChI=1S/C6H7NOS2/c1-3-4-5(8)7(2)6(9)10-4/h3,8H,1H2,2H3. The first kappa shape index (κ1) is 7.50. The molecule has 0 fully saturated rings. The summed E-state index contributed by atoms with van der Waals surface area (Å²) in [4.78, 5) is 0.729. The first-order valence-electron chi connectivity index (χ1n) is 2.68. The van der Waals surface area contributed by atoms with Crippen LogP contribution in [0.15, 0.2) is 6.58 Å². The van der Waals surface area contributed by atoms with Gasteiger partial charge in [0.15, 0.2) is 3.95 Å². The molecule has 54 valence electrons. The number of hydrogen-bond acceptors (Lipinski definition) is 3. The van der Waals surface area contributed by atoms with Crippen molar-refractivity contribution in [1.82, 2.24) is 4.57 Å². The maximum Gasteiger partial charge on any atom is 0.210 e. The zero-order valence-electron chi connectivity index (χ0n) is 5.50. The van der Waals surface area contributed by atoms with Crippen molar-refractivity contribution in [2.75, 3.05) is 0 Å². The normalized spacial score (nSPS) is 9.70. The first-order chi connectivity index (χ1) is 4.66. The van der Waals surface area contributed by atoms with E-state index in [-0.39, 0.29) is 5.88 Å². The van der Waals surface area contributed by atoms with E-state index >= 15 is 0 Å². The van der Waals surface area contributed by atoms with E-state index in [1.807, 2.05) is 0 Å².